The Morgan fingerprint density at radius 2 is 2.62 bits per heavy atom. The van der Waals surface area contributed by atoms with Crippen molar-refractivity contribution in [1.29, 1.82) is 0 Å². The highest BCUT2D eigenvalue weighted by atomic mass is 16.6. The Morgan fingerprint density at radius 1 is 1.69 bits per heavy atom. The molecule has 2 atom stereocenters. The minimum Gasteiger partial charge on any atom is -0.378 e. The molecular weight excluding hydrogens is 168 g/mol. The van der Waals surface area contributed by atoms with Crippen LogP contribution in [0.1, 0.15) is 12.1 Å². The largest absolute Gasteiger partial charge is 0.378 e. The molecule has 3 rings (SSSR count). The molecule has 2 saturated heterocycles. The van der Waals surface area contributed by atoms with Gasteiger partial charge in [0.2, 0.25) is 0 Å². The van der Waals surface area contributed by atoms with Crippen LogP contribution < -0.4 is 0 Å². The Bertz CT molecular complexity index is 336. The number of aryl methyl sites for hydroxylation is 1. The van der Waals surface area contributed by atoms with Crippen molar-refractivity contribution < 1.29 is 9.47 Å². The first-order chi connectivity index (χ1) is 6.33. The van der Waals surface area contributed by atoms with Gasteiger partial charge in [-0.3, -0.25) is 4.68 Å². The van der Waals surface area contributed by atoms with Crippen molar-refractivity contribution in [3.8, 4) is 0 Å². The van der Waals surface area contributed by atoms with Gasteiger partial charge in [-0.25, -0.2) is 0 Å². The molecule has 13 heavy (non-hydrogen) atoms. The molecular formula is C9H12N2O2. The third kappa shape index (κ3) is 0.899. The van der Waals surface area contributed by atoms with E-state index < -0.39 is 0 Å². The van der Waals surface area contributed by atoms with Gasteiger partial charge in [0.15, 0.2) is 0 Å². The Kier molecular flexibility index (Phi) is 1.35. The second-order valence-corrected chi connectivity index (χ2v) is 3.66. The lowest BCUT2D eigenvalue weighted by atomic mass is 9.96. The average Bonchev–Trinajstić information content (AvgIpc) is 2.74. The van der Waals surface area contributed by atoms with Crippen molar-refractivity contribution >= 4 is 0 Å². The maximum Gasteiger partial charge on any atom is 0.141 e. The average molecular weight is 180 g/mol. The second kappa shape index (κ2) is 2.33. The van der Waals surface area contributed by atoms with Crippen LogP contribution in [0.4, 0.5) is 0 Å². The van der Waals surface area contributed by atoms with E-state index >= 15 is 0 Å². The van der Waals surface area contributed by atoms with E-state index in [1.54, 1.807) is 0 Å². The fraction of sp³-hybridized carbons (Fsp3) is 0.667. The summed E-state index contributed by atoms with van der Waals surface area (Å²) in [6.07, 6.45) is 3.03. The van der Waals surface area contributed by atoms with Crippen LogP contribution in [-0.4, -0.2) is 29.1 Å². The number of hydrogen-bond donors (Lipinski definition) is 0. The normalized spacial score (nSPS) is 37.2. The van der Waals surface area contributed by atoms with E-state index in [-0.39, 0.29) is 11.7 Å². The molecule has 0 unspecified atom stereocenters. The van der Waals surface area contributed by atoms with E-state index in [1.807, 2.05) is 24.0 Å². The first kappa shape index (κ1) is 7.53. The molecule has 0 saturated carbocycles. The molecule has 0 amide bonds. The van der Waals surface area contributed by atoms with Crippen molar-refractivity contribution in [2.45, 2.75) is 18.1 Å². The van der Waals surface area contributed by atoms with Gasteiger partial charge < -0.3 is 9.47 Å². The zero-order valence-electron chi connectivity index (χ0n) is 7.56. The Hall–Kier alpha value is -0.870. The molecule has 0 spiro atoms. The lowest BCUT2D eigenvalue weighted by Gasteiger charge is -2.17. The third-order valence-corrected chi connectivity index (χ3v) is 2.96. The van der Waals surface area contributed by atoms with Crippen LogP contribution in [0.5, 0.6) is 0 Å². The Labute approximate surface area is 76.4 Å². The van der Waals surface area contributed by atoms with E-state index in [2.05, 4.69) is 5.10 Å². The van der Waals surface area contributed by atoms with Crippen molar-refractivity contribution in [1.82, 2.24) is 9.78 Å². The lowest BCUT2D eigenvalue weighted by molar-refractivity contribution is 0.0960. The highest BCUT2D eigenvalue weighted by molar-refractivity contribution is 5.23. The molecule has 4 nitrogen and oxygen atoms in total. The zero-order chi connectivity index (χ0) is 8.89. The molecule has 1 aromatic rings. The van der Waals surface area contributed by atoms with E-state index in [9.17, 15) is 0 Å². The molecule has 0 aromatic carbocycles. The van der Waals surface area contributed by atoms with Gasteiger partial charge >= 0.3 is 0 Å². The van der Waals surface area contributed by atoms with Gasteiger partial charge in [-0.15, -0.1) is 0 Å². The highest BCUT2D eigenvalue weighted by Gasteiger charge is 2.60. The van der Waals surface area contributed by atoms with E-state index in [0.717, 1.165) is 19.6 Å². The minimum atomic E-state index is -0.0660. The SMILES string of the molecule is Cn1nccc1[C@]12CCOC[C@H]1O2. The van der Waals surface area contributed by atoms with Gasteiger partial charge in [0.05, 0.1) is 12.3 Å². The van der Waals surface area contributed by atoms with Crippen molar-refractivity contribution in [2.24, 2.45) is 7.05 Å². The number of nitrogens with zero attached hydrogens (tertiary/aromatic N) is 2. The first-order valence-corrected chi connectivity index (χ1v) is 4.57. The first-order valence-electron chi connectivity index (χ1n) is 4.57. The summed E-state index contributed by atoms with van der Waals surface area (Å²) in [5.41, 5.74) is 1.12. The fourth-order valence-electron chi connectivity index (χ4n) is 2.16. The van der Waals surface area contributed by atoms with Gasteiger partial charge in [0.25, 0.3) is 0 Å². The zero-order valence-corrected chi connectivity index (χ0v) is 7.56. The quantitative estimate of drug-likeness (QED) is 0.588. The van der Waals surface area contributed by atoms with Crippen molar-refractivity contribution in [3.05, 3.63) is 18.0 Å². The number of fused-ring (bicyclic) bond motifs is 1. The van der Waals surface area contributed by atoms with E-state index in [0.29, 0.717) is 0 Å². The Balaban J connectivity index is 1.97. The fourth-order valence-corrected chi connectivity index (χ4v) is 2.16. The van der Waals surface area contributed by atoms with Crippen LogP contribution in [0.3, 0.4) is 0 Å². The summed E-state index contributed by atoms with van der Waals surface area (Å²) in [5, 5.41) is 4.16. The molecule has 2 aliphatic rings. The topological polar surface area (TPSA) is 39.6 Å². The molecule has 1 aromatic heterocycles. The summed E-state index contributed by atoms with van der Waals surface area (Å²) >= 11 is 0. The number of ether oxygens (including phenoxy) is 2. The predicted molar refractivity (Wildman–Crippen MR) is 45.2 cm³/mol. The van der Waals surface area contributed by atoms with Crippen LogP contribution in [0.15, 0.2) is 12.3 Å². The van der Waals surface area contributed by atoms with Gasteiger partial charge in [-0.2, -0.15) is 5.10 Å². The highest BCUT2D eigenvalue weighted by Crippen LogP contribution is 2.50. The number of hydrogen-bond acceptors (Lipinski definition) is 3. The standard InChI is InChI=1S/C9H12N2O2/c1-11-7(2-4-10-11)9-3-5-12-6-8(9)13-9/h2,4,8H,3,5-6H2,1H3/t8-,9-/m1/s1. The van der Waals surface area contributed by atoms with Crippen molar-refractivity contribution in [3.63, 3.8) is 0 Å². The second-order valence-electron chi connectivity index (χ2n) is 3.66. The summed E-state index contributed by atoms with van der Waals surface area (Å²) in [4.78, 5) is 0. The minimum absolute atomic E-state index is 0.0660. The van der Waals surface area contributed by atoms with Crippen molar-refractivity contribution in [2.75, 3.05) is 13.2 Å². The maximum atomic E-state index is 5.70. The van der Waals surface area contributed by atoms with Crippen LogP contribution in [-0.2, 0) is 22.1 Å². The Morgan fingerprint density at radius 3 is 3.31 bits per heavy atom. The van der Waals surface area contributed by atoms with Gasteiger partial charge in [0.1, 0.15) is 11.7 Å². The third-order valence-electron chi connectivity index (χ3n) is 2.96. The molecule has 2 fully saturated rings. The summed E-state index contributed by atoms with van der Waals surface area (Å²) in [6.45, 7) is 1.52. The molecule has 0 aliphatic carbocycles. The molecule has 70 valence electrons. The molecule has 0 radical (unpaired) electrons. The number of epoxide rings is 1. The van der Waals surface area contributed by atoms with Crippen LogP contribution in [0.2, 0.25) is 0 Å². The smallest absolute Gasteiger partial charge is 0.141 e. The molecule has 2 aliphatic heterocycles. The summed E-state index contributed by atoms with van der Waals surface area (Å²) in [7, 11) is 1.96. The monoisotopic (exact) mass is 180 g/mol. The molecule has 3 heterocycles. The molecule has 0 N–H and O–H groups in total. The molecule has 0 bridgehead atoms. The number of rotatable bonds is 1. The maximum absolute atomic E-state index is 5.70. The van der Waals surface area contributed by atoms with Crippen LogP contribution in [0, 0.1) is 0 Å². The van der Waals surface area contributed by atoms with Crippen LogP contribution >= 0.6 is 0 Å². The van der Waals surface area contributed by atoms with E-state index in [4.69, 9.17) is 9.47 Å². The predicted octanol–water partition coefficient (Wildman–Crippen LogP) is 0.434. The lowest BCUT2D eigenvalue weighted by Crippen LogP contribution is -2.26. The summed E-state index contributed by atoms with van der Waals surface area (Å²) in [5.74, 6) is 0. The van der Waals surface area contributed by atoms with E-state index in [1.165, 1.54) is 5.69 Å². The number of aromatic nitrogens is 2. The molecule has 4 heteroatoms. The summed E-state index contributed by atoms with van der Waals surface area (Å²) in [6, 6.07) is 2.03. The van der Waals surface area contributed by atoms with Crippen LogP contribution in [0.25, 0.3) is 0 Å². The van der Waals surface area contributed by atoms with Gasteiger partial charge in [0, 0.05) is 26.3 Å². The summed E-state index contributed by atoms with van der Waals surface area (Å²) < 4.78 is 12.9. The van der Waals surface area contributed by atoms with Gasteiger partial charge in [-0.05, 0) is 6.07 Å². The van der Waals surface area contributed by atoms with Gasteiger partial charge in [-0.1, -0.05) is 0 Å².